The molecule has 2 N–H and O–H groups in total. The molecule has 5 nitrogen and oxygen atoms in total. The number of hydrogen-bond acceptors (Lipinski definition) is 4. The van der Waals surface area contributed by atoms with E-state index in [2.05, 4.69) is 20.8 Å². The van der Waals surface area contributed by atoms with E-state index < -0.39 is 0 Å². The van der Waals surface area contributed by atoms with Gasteiger partial charge in [0.15, 0.2) is 5.96 Å². The maximum Gasteiger partial charge on any atom is 0.191 e. The van der Waals surface area contributed by atoms with E-state index in [9.17, 15) is 0 Å². The van der Waals surface area contributed by atoms with Crippen LogP contribution in [0.2, 0.25) is 0 Å². The highest BCUT2D eigenvalue weighted by Gasteiger charge is 2.15. The van der Waals surface area contributed by atoms with Crippen LogP contribution in [-0.2, 0) is 6.42 Å². The van der Waals surface area contributed by atoms with Crippen LogP contribution >= 0.6 is 35.7 Å². The Balaban J connectivity index is 0.00000220. The van der Waals surface area contributed by atoms with E-state index in [1.807, 2.05) is 32.7 Å². The summed E-state index contributed by atoms with van der Waals surface area (Å²) in [5, 5.41) is 10.8. The molecule has 2 rings (SSSR count). The molecule has 7 heteroatoms. The number of halogens is 1. The van der Waals surface area contributed by atoms with Crippen molar-refractivity contribution in [2.45, 2.75) is 39.2 Å². The zero-order valence-corrected chi connectivity index (χ0v) is 16.1. The number of aromatic nitrogens is 1. The highest BCUT2D eigenvalue weighted by Crippen LogP contribution is 2.16. The van der Waals surface area contributed by atoms with Crippen molar-refractivity contribution >= 4 is 41.7 Å². The van der Waals surface area contributed by atoms with Crippen molar-refractivity contribution in [3.05, 3.63) is 17.0 Å². The van der Waals surface area contributed by atoms with Gasteiger partial charge in [-0.3, -0.25) is 4.99 Å². The third kappa shape index (κ3) is 5.69. The van der Waals surface area contributed by atoms with Gasteiger partial charge >= 0.3 is 0 Å². The first-order chi connectivity index (χ1) is 9.70. The SMILES string of the molecule is CN=C(NCCc1c(C)noc1C)NC1CCCSC1.I. The Bertz CT molecular complexity index is 438. The second-order valence-corrected chi connectivity index (χ2v) is 6.26. The average molecular weight is 424 g/mol. The summed E-state index contributed by atoms with van der Waals surface area (Å²) in [7, 11) is 1.82. The van der Waals surface area contributed by atoms with Crippen LogP contribution in [0, 0.1) is 13.8 Å². The summed E-state index contributed by atoms with van der Waals surface area (Å²) >= 11 is 2.02. The molecule has 1 atom stereocenters. The standard InChI is InChI=1S/C14H24N4OS.HI/c1-10-13(11(2)19-18-10)6-7-16-14(15-3)17-12-5-4-8-20-9-12;/h12H,4-9H2,1-3H3,(H2,15,16,17);1H. The van der Waals surface area contributed by atoms with Gasteiger partial charge in [-0.2, -0.15) is 11.8 Å². The monoisotopic (exact) mass is 424 g/mol. The molecule has 1 aromatic rings. The molecular weight excluding hydrogens is 399 g/mol. The molecular formula is C14H25IN4OS. The second-order valence-electron chi connectivity index (χ2n) is 5.11. The van der Waals surface area contributed by atoms with Crippen LogP contribution in [0.1, 0.15) is 29.9 Å². The number of rotatable bonds is 4. The van der Waals surface area contributed by atoms with E-state index >= 15 is 0 Å². The molecule has 0 saturated carbocycles. The molecule has 1 aliphatic rings. The number of aliphatic imine (C=N–C) groups is 1. The van der Waals surface area contributed by atoms with Gasteiger partial charge in [0.05, 0.1) is 5.69 Å². The first-order valence-corrected chi connectivity index (χ1v) is 8.33. The molecule has 1 unspecified atom stereocenters. The van der Waals surface area contributed by atoms with Gasteiger partial charge in [-0.25, -0.2) is 0 Å². The largest absolute Gasteiger partial charge is 0.361 e. The van der Waals surface area contributed by atoms with E-state index in [0.717, 1.165) is 30.4 Å². The molecule has 1 aliphatic heterocycles. The van der Waals surface area contributed by atoms with Gasteiger partial charge in [0.25, 0.3) is 0 Å². The minimum Gasteiger partial charge on any atom is -0.361 e. The molecule has 21 heavy (non-hydrogen) atoms. The summed E-state index contributed by atoms with van der Waals surface area (Å²) in [5.74, 6) is 4.26. The molecule has 1 saturated heterocycles. The predicted octanol–water partition coefficient (Wildman–Crippen LogP) is 2.51. The van der Waals surface area contributed by atoms with Crippen molar-refractivity contribution in [2.24, 2.45) is 4.99 Å². The van der Waals surface area contributed by atoms with Gasteiger partial charge in [0.1, 0.15) is 5.76 Å². The van der Waals surface area contributed by atoms with Gasteiger partial charge in [0, 0.05) is 31.0 Å². The van der Waals surface area contributed by atoms with Crippen LogP contribution in [0.4, 0.5) is 0 Å². The summed E-state index contributed by atoms with van der Waals surface area (Å²) in [6.07, 6.45) is 3.43. The lowest BCUT2D eigenvalue weighted by Crippen LogP contribution is -2.46. The Morgan fingerprint density at radius 3 is 2.86 bits per heavy atom. The fraction of sp³-hybridized carbons (Fsp3) is 0.714. The third-order valence-electron chi connectivity index (χ3n) is 3.57. The maximum atomic E-state index is 5.17. The number of aryl methyl sites for hydroxylation is 2. The predicted molar refractivity (Wildman–Crippen MR) is 99.9 cm³/mol. The first-order valence-electron chi connectivity index (χ1n) is 7.17. The molecule has 0 aliphatic carbocycles. The van der Waals surface area contributed by atoms with Crippen molar-refractivity contribution in [1.82, 2.24) is 15.8 Å². The van der Waals surface area contributed by atoms with Gasteiger partial charge in [-0.1, -0.05) is 5.16 Å². The topological polar surface area (TPSA) is 62.5 Å². The van der Waals surface area contributed by atoms with Crippen LogP contribution in [0.25, 0.3) is 0 Å². The lowest BCUT2D eigenvalue weighted by molar-refractivity contribution is 0.392. The van der Waals surface area contributed by atoms with Crippen LogP contribution in [-0.4, -0.2) is 42.3 Å². The fourth-order valence-electron chi connectivity index (χ4n) is 2.41. The molecule has 0 amide bonds. The molecule has 120 valence electrons. The molecule has 0 spiro atoms. The zero-order chi connectivity index (χ0) is 14.4. The highest BCUT2D eigenvalue weighted by molar-refractivity contribution is 14.0. The first kappa shape index (κ1) is 18.6. The van der Waals surface area contributed by atoms with Crippen molar-refractivity contribution in [1.29, 1.82) is 0 Å². The Kier molecular flexibility index (Phi) is 8.46. The number of thioether (sulfide) groups is 1. The van der Waals surface area contributed by atoms with Crippen molar-refractivity contribution < 1.29 is 4.52 Å². The summed E-state index contributed by atoms with van der Waals surface area (Å²) in [6.45, 7) is 4.78. The zero-order valence-electron chi connectivity index (χ0n) is 12.9. The summed E-state index contributed by atoms with van der Waals surface area (Å²) in [6, 6.07) is 0.541. The molecule has 2 heterocycles. The average Bonchev–Trinajstić information content (AvgIpc) is 2.79. The summed E-state index contributed by atoms with van der Waals surface area (Å²) in [5.41, 5.74) is 2.18. The Morgan fingerprint density at radius 1 is 1.48 bits per heavy atom. The minimum absolute atomic E-state index is 0. The third-order valence-corrected chi connectivity index (χ3v) is 4.79. The van der Waals surface area contributed by atoms with E-state index in [-0.39, 0.29) is 24.0 Å². The van der Waals surface area contributed by atoms with Crippen molar-refractivity contribution in [3.8, 4) is 0 Å². The molecule has 1 fully saturated rings. The number of nitrogens with zero attached hydrogens (tertiary/aromatic N) is 2. The Morgan fingerprint density at radius 2 is 2.29 bits per heavy atom. The summed E-state index contributed by atoms with van der Waals surface area (Å²) < 4.78 is 5.17. The summed E-state index contributed by atoms with van der Waals surface area (Å²) in [4.78, 5) is 4.29. The van der Waals surface area contributed by atoms with Gasteiger partial charge in [-0.05, 0) is 38.9 Å². The Hall–Kier alpha value is -0.440. The van der Waals surface area contributed by atoms with Crippen LogP contribution < -0.4 is 10.6 Å². The van der Waals surface area contributed by atoms with Crippen LogP contribution in [0.15, 0.2) is 9.52 Å². The number of nitrogens with one attached hydrogen (secondary N) is 2. The molecule has 1 aromatic heterocycles. The van der Waals surface area contributed by atoms with Gasteiger partial charge in [-0.15, -0.1) is 24.0 Å². The maximum absolute atomic E-state index is 5.17. The van der Waals surface area contributed by atoms with Crippen LogP contribution in [0.5, 0.6) is 0 Å². The van der Waals surface area contributed by atoms with E-state index in [0.29, 0.717) is 6.04 Å². The minimum atomic E-state index is 0. The van der Waals surface area contributed by atoms with Gasteiger partial charge in [0.2, 0.25) is 0 Å². The van der Waals surface area contributed by atoms with E-state index in [4.69, 9.17) is 4.52 Å². The normalized spacial score (nSPS) is 19.0. The lowest BCUT2D eigenvalue weighted by Gasteiger charge is -2.24. The quantitative estimate of drug-likeness (QED) is 0.442. The molecule has 0 bridgehead atoms. The number of guanidine groups is 1. The smallest absolute Gasteiger partial charge is 0.191 e. The van der Waals surface area contributed by atoms with E-state index in [1.54, 1.807) is 0 Å². The fourth-order valence-corrected chi connectivity index (χ4v) is 3.48. The van der Waals surface area contributed by atoms with E-state index in [1.165, 1.54) is 29.9 Å². The second kappa shape index (κ2) is 9.55. The molecule has 0 aromatic carbocycles. The van der Waals surface area contributed by atoms with Crippen molar-refractivity contribution in [2.75, 3.05) is 25.1 Å². The highest BCUT2D eigenvalue weighted by atomic mass is 127. The number of hydrogen-bond donors (Lipinski definition) is 2. The lowest BCUT2D eigenvalue weighted by atomic mass is 10.1. The van der Waals surface area contributed by atoms with Crippen molar-refractivity contribution in [3.63, 3.8) is 0 Å². The van der Waals surface area contributed by atoms with Crippen LogP contribution in [0.3, 0.4) is 0 Å². The molecule has 0 radical (unpaired) electrons. The Labute approximate surface area is 148 Å². The van der Waals surface area contributed by atoms with Gasteiger partial charge < -0.3 is 15.2 Å².